The summed E-state index contributed by atoms with van der Waals surface area (Å²) in [7, 11) is 0. The molecule has 0 bridgehead atoms. The second-order valence-corrected chi connectivity index (χ2v) is 6.13. The maximum Gasteiger partial charge on any atom is 0.230 e. The lowest BCUT2D eigenvalue weighted by Crippen LogP contribution is -2.44. The molecule has 0 radical (unpaired) electrons. The molecule has 104 valence electrons. The summed E-state index contributed by atoms with van der Waals surface area (Å²) in [5.41, 5.74) is 0. The molecule has 1 rings (SSSR count). The average Bonchev–Trinajstić information content (AvgIpc) is 2.32. The number of carbonyl (C=O) groups excluding carboxylic acids is 2. The van der Waals surface area contributed by atoms with Crippen molar-refractivity contribution < 1.29 is 9.59 Å². The van der Waals surface area contributed by atoms with Gasteiger partial charge in [0, 0.05) is 9.92 Å². The summed E-state index contributed by atoms with van der Waals surface area (Å²) in [4.78, 5) is 24.1. The molecule has 0 saturated heterocycles. The Labute approximate surface area is 123 Å². The van der Waals surface area contributed by atoms with Crippen LogP contribution in [0.25, 0.3) is 0 Å². The molecule has 1 unspecified atom stereocenters. The van der Waals surface area contributed by atoms with Gasteiger partial charge in [-0.05, 0) is 31.0 Å². The minimum absolute atomic E-state index is 0.0175. The van der Waals surface area contributed by atoms with E-state index in [2.05, 4.69) is 5.32 Å². The first-order chi connectivity index (χ1) is 8.90. The maximum absolute atomic E-state index is 11.8. The fourth-order valence-corrected chi connectivity index (χ4v) is 2.68. The van der Waals surface area contributed by atoms with Crippen LogP contribution in [0.1, 0.15) is 20.8 Å². The third kappa shape index (κ3) is 5.66. The molecule has 0 aliphatic carbocycles. The quantitative estimate of drug-likeness (QED) is 0.821. The van der Waals surface area contributed by atoms with Crippen LogP contribution in [-0.2, 0) is 9.59 Å². The predicted octanol–water partition coefficient (Wildman–Crippen LogP) is 3.16. The van der Waals surface area contributed by atoms with Gasteiger partial charge < -0.3 is 5.32 Å². The second kappa shape index (κ2) is 7.56. The molecule has 0 fully saturated rings. The number of hydrogen-bond acceptors (Lipinski definition) is 3. The number of carbonyl (C=O) groups is 2. The number of amides is 1. The molecular weight excluding hydrogens is 282 g/mol. The standard InChI is InChI=1S/C14H18ClNO2S/c1-9(2)14(10(3)17)16-13(18)8-19-12-6-4-5-11(15)7-12/h4-7,9,14H,8H2,1-3H3,(H,16,18). The number of halogens is 1. The van der Waals surface area contributed by atoms with Crippen molar-refractivity contribution in [2.24, 2.45) is 5.92 Å². The minimum Gasteiger partial charge on any atom is -0.345 e. The largest absolute Gasteiger partial charge is 0.345 e. The Morgan fingerprint density at radius 1 is 1.37 bits per heavy atom. The topological polar surface area (TPSA) is 46.2 Å². The van der Waals surface area contributed by atoms with Crippen LogP contribution in [0.15, 0.2) is 29.2 Å². The molecule has 5 heteroatoms. The van der Waals surface area contributed by atoms with Gasteiger partial charge in [-0.2, -0.15) is 0 Å². The third-order valence-electron chi connectivity index (χ3n) is 2.59. The van der Waals surface area contributed by atoms with Crippen LogP contribution < -0.4 is 5.32 Å². The highest BCUT2D eigenvalue weighted by Gasteiger charge is 2.20. The molecule has 1 aromatic rings. The van der Waals surface area contributed by atoms with Gasteiger partial charge in [0.25, 0.3) is 0 Å². The molecule has 0 aliphatic rings. The summed E-state index contributed by atoms with van der Waals surface area (Å²) >= 11 is 7.27. The van der Waals surface area contributed by atoms with E-state index in [1.54, 1.807) is 6.07 Å². The summed E-state index contributed by atoms with van der Waals surface area (Å²) in [5.74, 6) is 0.212. The van der Waals surface area contributed by atoms with Crippen molar-refractivity contribution in [3.05, 3.63) is 29.3 Å². The van der Waals surface area contributed by atoms with Gasteiger partial charge in [0.05, 0.1) is 11.8 Å². The Bertz CT molecular complexity index is 463. The van der Waals surface area contributed by atoms with E-state index in [4.69, 9.17) is 11.6 Å². The molecule has 0 heterocycles. The van der Waals surface area contributed by atoms with Crippen LogP contribution in [0.5, 0.6) is 0 Å². The van der Waals surface area contributed by atoms with Crippen LogP contribution in [-0.4, -0.2) is 23.5 Å². The zero-order chi connectivity index (χ0) is 14.4. The number of rotatable bonds is 6. The molecule has 0 aliphatic heterocycles. The van der Waals surface area contributed by atoms with E-state index < -0.39 is 6.04 Å². The van der Waals surface area contributed by atoms with Crippen molar-refractivity contribution in [3.8, 4) is 0 Å². The summed E-state index contributed by atoms with van der Waals surface area (Å²) in [6, 6.07) is 6.93. The highest BCUT2D eigenvalue weighted by molar-refractivity contribution is 8.00. The molecule has 19 heavy (non-hydrogen) atoms. The van der Waals surface area contributed by atoms with Crippen LogP contribution >= 0.6 is 23.4 Å². The van der Waals surface area contributed by atoms with E-state index in [0.717, 1.165) is 4.90 Å². The van der Waals surface area contributed by atoms with Crippen molar-refractivity contribution in [2.75, 3.05) is 5.75 Å². The van der Waals surface area contributed by atoms with Gasteiger partial charge in [-0.3, -0.25) is 9.59 Å². The molecule has 1 N–H and O–H groups in total. The van der Waals surface area contributed by atoms with Crippen LogP contribution in [0.4, 0.5) is 0 Å². The molecule has 3 nitrogen and oxygen atoms in total. The smallest absolute Gasteiger partial charge is 0.230 e. The van der Waals surface area contributed by atoms with E-state index in [9.17, 15) is 9.59 Å². The number of hydrogen-bond donors (Lipinski definition) is 1. The first kappa shape index (κ1) is 16.1. The van der Waals surface area contributed by atoms with Crippen LogP contribution in [0.2, 0.25) is 5.02 Å². The maximum atomic E-state index is 11.8. The number of nitrogens with one attached hydrogen (secondary N) is 1. The predicted molar refractivity (Wildman–Crippen MR) is 79.6 cm³/mol. The molecule has 1 aromatic carbocycles. The normalized spacial score (nSPS) is 12.3. The van der Waals surface area contributed by atoms with Crippen molar-refractivity contribution in [1.29, 1.82) is 0 Å². The zero-order valence-electron chi connectivity index (χ0n) is 11.3. The third-order valence-corrected chi connectivity index (χ3v) is 3.82. The Hall–Kier alpha value is -1.00. The van der Waals surface area contributed by atoms with Crippen molar-refractivity contribution in [1.82, 2.24) is 5.32 Å². The summed E-state index contributed by atoms with van der Waals surface area (Å²) < 4.78 is 0. The molecule has 0 spiro atoms. The van der Waals surface area contributed by atoms with E-state index in [1.165, 1.54) is 18.7 Å². The van der Waals surface area contributed by atoms with Gasteiger partial charge in [-0.1, -0.05) is 31.5 Å². The highest BCUT2D eigenvalue weighted by Crippen LogP contribution is 2.21. The van der Waals surface area contributed by atoms with Crippen molar-refractivity contribution >= 4 is 35.1 Å². The van der Waals surface area contributed by atoms with Gasteiger partial charge in [0.15, 0.2) is 5.78 Å². The Morgan fingerprint density at radius 3 is 2.58 bits per heavy atom. The van der Waals surface area contributed by atoms with E-state index in [1.807, 2.05) is 32.0 Å². The Kier molecular flexibility index (Phi) is 6.38. The second-order valence-electron chi connectivity index (χ2n) is 4.65. The summed E-state index contributed by atoms with van der Waals surface area (Å²) in [6.07, 6.45) is 0. The first-order valence-corrected chi connectivity index (χ1v) is 7.44. The molecule has 1 amide bonds. The summed E-state index contributed by atoms with van der Waals surface area (Å²) in [5, 5.41) is 3.41. The number of Topliss-reactive ketones (excluding diaryl/α,β-unsaturated/α-hetero) is 1. The fraction of sp³-hybridized carbons (Fsp3) is 0.429. The fourth-order valence-electron chi connectivity index (χ4n) is 1.66. The molecule has 0 saturated carbocycles. The Balaban J connectivity index is 2.49. The highest BCUT2D eigenvalue weighted by atomic mass is 35.5. The van der Waals surface area contributed by atoms with Gasteiger partial charge in [-0.15, -0.1) is 11.8 Å². The lowest BCUT2D eigenvalue weighted by Gasteiger charge is -2.19. The van der Waals surface area contributed by atoms with Gasteiger partial charge in [0.2, 0.25) is 5.91 Å². The van der Waals surface area contributed by atoms with Crippen LogP contribution in [0, 0.1) is 5.92 Å². The van der Waals surface area contributed by atoms with Crippen LogP contribution in [0.3, 0.4) is 0 Å². The van der Waals surface area contributed by atoms with Gasteiger partial charge in [0.1, 0.15) is 0 Å². The summed E-state index contributed by atoms with van der Waals surface area (Å²) in [6.45, 7) is 5.32. The molecular formula is C14H18ClNO2S. The lowest BCUT2D eigenvalue weighted by molar-refractivity contribution is -0.126. The molecule has 0 aromatic heterocycles. The van der Waals surface area contributed by atoms with Gasteiger partial charge in [-0.25, -0.2) is 0 Å². The Morgan fingerprint density at radius 2 is 2.05 bits per heavy atom. The number of ketones is 1. The lowest BCUT2D eigenvalue weighted by atomic mass is 10.0. The number of benzene rings is 1. The first-order valence-electron chi connectivity index (χ1n) is 6.08. The average molecular weight is 300 g/mol. The van der Waals surface area contributed by atoms with Gasteiger partial charge >= 0.3 is 0 Å². The van der Waals surface area contributed by atoms with E-state index >= 15 is 0 Å². The monoisotopic (exact) mass is 299 g/mol. The number of thioether (sulfide) groups is 1. The van der Waals surface area contributed by atoms with Crippen molar-refractivity contribution in [3.63, 3.8) is 0 Å². The minimum atomic E-state index is -0.410. The van der Waals surface area contributed by atoms with E-state index in [0.29, 0.717) is 5.02 Å². The molecule has 1 atom stereocenters. The SMILES string of the molecule is CC(=O)C(NC(=O)CSc1cccc(Cl)c1)C(C)C. The van der Waals surface area contributed by atoms with Crippen molar-refractivity contribution in [2.45, 2.75) is 31.7 Å². The zero-order valence-corrected chi connectivity index (χ0v) is 12.8. The van der Waals surface area contributed by atoms with E-state index in [-0.39, 0.29) is 23.4 Å².